The Labute approximate surface area is 172 Å². The lowest BCUT2D eigenvalue weighted by molar-refractivity contribution is -0.127. The maximum atomic E-state index is 12.9. The number of ether oxygens (including phenoxy) is 1. The summed E-state index contributed by atoms with van der Waals surface area (Å²) in [6.45, 7) is 5.09. The molecule has 1 saturated heterocycles. The van der Waals surface area contributed by atoms with Crippen LogP contribution in [-0.2, 0) is 11.2 Å². The number of rotatable bonds is 6. The monoisotopic (exact) mass is 396 g/mol. The Bertz CT molecular complexity index is 831. The molecule has 1 aliphatic rings. The molecule has 2 aromatic carbocycles. The topological polar surface area (TPSA) is 41.9 Å². The molecule has 1 heterocycles. The number of hydrogen-bond donors (Lipinski definition) is 0. The van der Waals surface area contributed by atoms with Crippen molar-refractivity contribution in [2.45, 2.75) is 39.0 Å². The molecule has 5 heteroatoms. The summed E-state index contributed by atoms with van der Waals surface area (Å²) in [7, 11) is 1.66. The van der Waals surface area contributed by atoms with Gasteiger partial charge in [0.25, 0.3) is 0 Å². The first-order valence-electron chi connectivity index (χ1n) is 9.82. The largest absolute Gasteiger partial charge is 0.497 e. The van der Waals surface area contributed by atoms with Gasteiger partial charge in [-0.3, -0.25) is 9.69 Å². The third kappa shape index (κ3) is 5.16. The molecule has 0 unspecified atom stereocenters. The highest BCUT2D eigenvalue weighted by molar-refractivity contribution is 8.13. The van der Waals surface area contributed by atoms with Crippen LogP contribution in [0.4, 0.5) is 5.69 Å². The molecular formula is C23H28N2O2S. The van der Waals surface area contributed by atoms with E-state index in [1.54, 1.807) is 18.9 Å². The van der Waals surface area contributed by atoms with Crippen molar-refractivity contribution in [2.75, 3.05) is 19.4 Å². The molecule has 0 atom stereocenters. The zero-order valence-corrected chi connectivity index (χ0v) is 17.7. The van der Waals surface area contributed by atoms with Gasteiger partial charge in [0.2, 0.25) is 5.91 Å². The molecule has 0 aliphatic carbocycles. The second-order valence-corrected chi connectivity index (χ2v) is 8.27. The van der Waals surface area contributed by atoms with E-state index in [1.807, 2.05) is 47.4 Å². The van der Waals surface area contributed by atoms with Crippen LogP contribution in [0, 0.1) is 0 Å². The number of benzene rings is 2. The Morgan fingerprint density at radius 1 is 1.18 bits per heavy atom. The minimum Gasteiger partial charge on any atom is -0.497 e. The van der Waals surface area contributed by atoms with Crippen LogP contribution < -0.4 is 4.74 Å². The van der Waals surface area contributed by atoms with Crippen LogP contribution in [0.5, 0.6) is 5.75 Å². The van der Waals surface area contributed by atoms with E-state index in [0.29, 0.717) is 12.3 Å². The maximum absolute atomic E-state index is 12.9. The summed E-state index contributed by atoms with van der Waals surface area (Å²) in [6, 6.07) is 16.1. The van der Waals surface area contributed by atoms with Gasteiger partial charge in [-0.25, -0.2) is 4.99 Å². The summed E-state index contributed by atoms with van der Waals surface area (Å²) in [5.41, 5.74) is 3.32. The molecule has 0 saturated carbocycles. The molecule has 1 fully saturated rings. The lowest BCUT2D eigenvalue weighted by Gasteiger charge is -2.28. The number of amides is 1. The zero-order chi connectivity index (χ0) is 19.9. The summed E-state index contributed by atoms with van der Waals surface area (Å²) in [5.74, 6) is 2.38. The molecule has 148 valence electrons. The fourth-order valence-electron chi connectivity index (χ4n) is 3.24. The number of carbonyl (C=O) groups excluding carboxylic acids is 1. The van der Waals surface area contributed by atoms with Gasteiger partial charge in [0, 0.05) is 18.7 Å². The highest BCUT2D eigenvalue weighted by atomic mass is 32.2. The molecule has 28 heavy (non-hydrogen) atoms. The van der Waals surface area contributed by atoms with Gasteiger partial charge < -0.3 is 4.74 Å². The van der Waals surface area contributed by atoms with Crippen LogP contribution >= 0.6 is 11.8 Å². The van der Waals surface area contributed by atoms with Crippen molar-refractivity contribution in [1.29, 1.82) is 0 Å². The molecule has 0 spiro atoms. The van der Waals surface area contributed by atoms with Gasteiger partial charge in [-0.1, -0.05) is 55.9 Å². The molecule has 3 rings (SSSR count). The van der Waals surface area contributed by atoms with Crippen molar-refractivity contribution in [3.05, 3.63) is 59.7 Å². The molecule has 0 bridgehead atoms. The van der Waals surface area contributed by atoms with Crippen LogP contribution in [0.3, 0.4) is 0 Å². The summed E-state index contributed by atoms with van der Waals surface area (Å²) in [4.78, 5) is 19.7. The minimum absolute atomic E-state index is 0.142. The van der Waals surface area contributed by atoms with Gasteiger partial charge in [-0.05, 0) is 48.1 Å². The molecule has 0 aromatic heterocycles. The van der Waals surface area contributed by atoms with Crippen molar-refractivity contribution in [3.8, 4) is 5.75 Å². The Morgan fingerprint density at radius 3 is 2.64 bits per heavy atom. The van der Waals surface area contributed by atoms with E-state index in [1.165, 1.54) is 5.56 Å². The fraction of sp³-hybridized carbons (Fsp3) is 0.391. The minimum atomic E-state index is 0.142. The van der Waals surface area contributed by atoms with Gasteiger partial charge in [0.1, 0.15) is 5.75 Å². The van der Waals surface area contributed by atoms with Crippen molar-refractivity contribution in [3.63, 3.8) is 0 Å². The summed E-state index contributed by atoms with van der Waals surface area (Å²) in [5, 5.41) is 0.832. The quantitative estimate of drug-likeness (QED) is 0.656. The predicted molar refractivity (Wildman–Crippen MR) is 118 cm³/mol. The standard InChI is InChI=1S/C23H28N2O2S/c1-17(2)20-7-4-5-8-21(20)24-23-25(15-6-16-28-23)22(26)14-11-18-9-12-19(27-3)13-10-18/h4-5,7-10,12-13,17H,6,11,14-16H2,1-3H3. The number of carbonyl (C=O) groups is 1. The smallest absolute Gasteiger partial charge is 0.228 e. The predicted octanol–water partition coefficient (Wildman–Crippen LogP) is 5.40. The number of methoxy groups -OCH3 is 1. The van der Waals surface area contributed by atoms with Crippen molar-refractivity contribution in [1.82, 2.24) is 4.90 Å². The highest BCUT2D eigenvalue weighted by Crippen LogP contribution is 2.29. The first kappa shape index (κ1) is 20.5. The Morgan fingerprint density at radius 2 is 1.93 bits per heavy atom. The summed E-state index contributed by atoms with van der Waals surface area (Å²) >= 11 is 1.68. The molecule has 2 aromatic rings. The van der Waals surface area contributed by atoms with E-state index >= 15 is 0 Å². The Balaban J connectivity index is 1.72. The van der Waals surface area contributed by atoms with E-state index < -0.39 is 0 Å². The number of hydrogen-bond acceptors (Lipinski definition) is 4. The van der Waals surface area contributed by atoms with E-state index in [4.69, 9.17) is 9.73 Å². The van der Waals surface area contributed by atoms with E-state index in [9.17, 15) is 4.79 Å². The van der Waals surface area contributed by atoms with Crippen LogP contribution in [0.25, 0.3) is 0 Å². The highest BCUT2D eigenvalue weighted by Gasteiger charge is 2.24. The fourth-order valence-corrected chi connectivity index (χ4v) is 4.21. The molecular weight excluding hydrogens is 368 g/mol. The number of nitrogens with zero attached hydrogens (tertiary/aromatic N) is 2. The first-order valence-corrected chi connectivity index (χ1v) is 10.8. The molecule has 4 nitrogen and oxygen atoms in total. The van der Waals surface area contributed by atoms with E-state index in [-0.39, 0.29) is 5.91 Å². The lowest BCUT2D eigenvalue weighted by Crippen LogP contribution is -2.39. The zero-order valence-electron chi connectivity index (χ0n) is 16.9. The third-order valence-corrected chi connectivity index (χ3v) is 5.91. The third-order valence-electron chi connectivity index (χ3n) is 4.85. The Hall–Kier alpha value is -2.27. The number of amidine groups is 1. The molecule has 0 radical (unpaired) electrons. The maximum Gasteiger partial charge on any atom is 0.228 e. The van der Waals surface area contributed by atoms with Gasteiger partial charge in [0.05, 0.1) is 12.8 Å². The normalized spacial score (nSPS) is 15.9. The van der Waals surface area contributed by atoms with Crippen molar-refractivity contribution < 1.29 is 9.53 Å². The second kappa shape index (κ2) is 9.78. The Kier molecular flexibility index (Phi) is 7.15. The van der Waals surface area contributed by atoms with Gasteiger partial charge in [0.15, 0.2) is 5.17 Å². The van der Waals surface area contributed by atoms with Gasteiger partial charge in [-0.15, -0.1) is 0 Å². The lowest BCUT2D eigenvalue weighted by atomic mass is 10.0. The van der Waals surface area contributed by atoms with Crippen LogP contribution in [0.2, 0.25) is 0 Å². The average Bonchev–Trinajstić information content (AvgIpc) is 2.73. The van der Waals surface area contributed by atoms with Gasteiger partial charge >= 0.3 is 0 Å². The molecule has 1 amide bonds. The van der Waals surface area contributed by atoms with Crippen LogP contribution in [0.15, 0.2) is 53.5 Å². The number of aliphatic imine (C=N–C) groups is 1. The molecule has 1 aliphatic heterocycles. The van der Waals surface area contributed by atoms with Crippen molar-refractivity contribution in [2.24, 2.45) is 4.99 Å². The number of aryl methyl sites for hydroxylation is 1. The summed E-state index contributed by atoms with van der Waals surface area (Å²) < 4.78 is 5.19. The van der Waals surface area contributed by atoms with Crippen LogP contribution in [0.1, 0.15) is 43.7 Å². The average molecular weight is 397 g/mol. The SMILES string of the molecule is COc1ccc(CCC(=O)N2CCCSC2=Nc2ccccc2C(C)C)cc1. The molecule has 0 N–H and O–H groups in total. The van der Waals surface area contributed by atoms with E-state index in [0.717, 1.165) is 47.3 Å². The summed E-state index contributed by atoms with van der Waals surface area (Å²) in [6.07, 6.45) is 2.21. The van der Waals surface area contributed by atoms with Crippen molar-refractivity contribution >= 4 is 28.5 Å². The number of para-hydroxylation sites is 1. The van der Waals surface area contributed by atoms with Gasteiger partial charge in [-0.2, -0.15) is 0 Å². The van der Waals surface area contributed by atoms with E-state index in [2.05, 4.69) is 19.9 Å². The number of thioether (sulfide) groups is 1. The first-order chi connectivity index (χ1) is 13.6. The van der Waals surface area contributed by atoms with Crippen LogP contribution in [-0.4, -0.2) is 35.4 Å². The second-order valence-electron chi connectivity index (χ2n) is 7.20.